The first-order valence-electron chi connectivity index (χ1n) is 6.36. The van der Waals surface area contributed by atoms with E-state index in [1.165, 1.54) is 23.3 Å². The first kappa shape index (κ1) is 14.4. The highest BCUT2D eigenvalue weighted by atomic mass is 32.2. The number of aryl methyl sites for hydroxylation is 2. The second-order valence-electron chi connectivity index (χ2n) is 4.47. The van der Waals surface area contributed by atoms with Crippen molar-refractivity contribution < 1.29 is 4.74 Å². The number of nitrogens with zero attached hydrogens (tertiary/aromatic N) is 6. The molecule has 0 aliphatic heterocycles. The second-order valence-corrected chi connectivity index (χ2v) is 6.43. The number of hydrogen-bond donors (Lipinski definition) is 0. The molecule has 0 aromatic carbocycles. The van der Waals surface area contributed by atoms with E-state index < -0.39 is 0 Å². The van der Waals surface area contributed by atoms with Gasteiger partial charge in [-0.1, -0.05) is 0 Å². The SMILES string of the molecule is COCCc1nsc(Sc2nc3nc(C)cc(C)n3n2)n1. The van der Waals surface area contributed by atoms with Crippen molar-refractivity contribution in [2.45, 2.75) is 29.8 Å². The van der Waals surface area contributed by atoms with Gasteiger partial charge in [-0.15, -0.1) is 5.10 Å². The minimum Gasteiger partial charge on any atom is -0.384 e. The number of aromatic nitrogens is 6. The summed E-state index contributed by atoms with van der Waals surface area (Å²) in [5.41, 5.74) is 1.94. The largest absolute Gasteiger partial charge is 0.384 e. The molecule has 0 fully saturated rings. The molecule has 9 heteroatoms. The van der Waals surface area contributed by atoms with Gasteiger partial charge in [0.25, 0.3) is 5.78 Å². The summed E-state index contributed by atoms with van der Waals surface area (Å²) >= 11 is 2.75. The van der Waals surface area contributed by atoms with Gasteiger partial charge in [-0.25, -0.2) is 14.5 Å². The fraction of sp³-hybridized carbons (Fsp3) is 0.417. The Balaban J connectivity index is 1.81. The van der Waals surface area contributed by atoms with Gasteiger partial charge in [0.2, 0.25) is 5.16 Å². The van der Waals surface area contributed by atoms with Crippen LogP contribution in [0.5, 0.6) is 0 Å². The molecule has 7 nitrogen and oxygen atoms in total. The zero-order valence-electron chi connectivity index (χ0n) is 11.9. The van der Waals surface area contributed by atoms with Gasteiger partial charge >= 0.3 is 0 Å². The van der Waals surface area contributed by atoms with Crippen molar-refractivity contribution in [1.82, 2.24) is 28.9 Å². The van der Waals surface area contributed by atoms with Gasteiger partial charge in [0.05, 0.1) is 6.61 Å². The van der Waals surface area contributed by atoms with Crippen molar-refractivity contribution in [3.05, 3.63) is 23.3 Å². The molecule has 0 amide bonds. The summed E-state index contributed by atoms with van der Waals surface area (Å²) in [7, 11) is 1.67. The Bertz CT molecular complexity index is 768. The van der Waals surface area contributed by atoms with E-state index in [0.29, 0.717) is 24.0 Å². The van der Waals surface area contributed by atoms with Crippen LogP contribution < -0.4 is 0 Å². The van der Waals surface area contributed by atoms with Crippen LogP contribution in [0, 0.1) is 13.8 Å². The maximum Gasteiger partial charge on any atom is 0.253 e. The van der Waals surface area contributed by atoms with Gasteiger partial charge in [0.1, 0.15) is 5.82 Å². The van der Waals surface area contributed by atoms with Gasteiger partial charge in [0.15, 0.2) is 4.34 Å². The van der Waals surface area contributed by atoms with Crippen molar-refractivity contribution in [3.63, 3.8) is 0 Å². The van der Waals surface area contributed by atoms with Gasteiger partial charge in [-0.2, -0.15) is 9.36 Å². The lowest BCUT2D eigenvalue weighted by molar-refractivity contribution is 0.200. The molecule has 0 aliphatic rings. The summed E-state index contributed by atoms with van der Waals surface area (Å²) in [4.78, 5) is 13.2. The third-order valence-electron chi connectivity index (χ3n) is 2.76. The molecular formula is C12H14N6OS2. The monoisotopic (exact) mass is 322 g/mol. The van der Waals surface area contributed by atoms with E-state index >= 15 is 0 Å². The Labute approximate surface area is 130 Å². The second kappa shape index (κ2) is 6.04. The lowest BCUT2D eigenvalue weighted by atomic mass is 10.4. The fourth-order valence-corrected chi connectivity index (χ4v) is 3.35. The molecule has 3 heterocycles. The van der Waals surface area contributed by atoms with Crippen LogP contribution in [-0.2, 0) is 11.2 Å². The smallest absolute Gasteiger partial charge is 0.253 e. The van der Waals surface area contributed by atoms with E-state index in [1.54, 1.807) is 11.6 Å². The van der Waals surface area contributed by atoms with E-state index in [-0.39, 0.29) is 0 Å². The summed E-state index contributed by atoms with van der Waals surface area (Å²) in [6, 6.07) is 1.98. The maximum atomic E-state index is 5.02. The molecule has 3 aromatic heterocycles. The molecule has 0 unspecified atom stereocenters. The lowest BCUT2D eigenvalue weighted by Crippen LogP contribution is -1.97. The molecule has 0 atom stereocenters. The molecule has 0 spiro atoms. The molecule has 0 bridgehead atoms. The highest BCUT2D eigenvalue weighted by Crippen LogP contribution is 2.26. The molecule has 3 rings (SSSR count). The van der Waals surface area contributed by atoms with Crippen molar-refractivity contribution in [2.24, 2.45) is 0 Å². The van der Waals surface area contributed by atoms with Crippen LogP contribution in [-0.4, -0.2) is 42.7 Å². The van der Waals surface area contributed by atoms with E-state index in [1.807, 2.05) is 19.9 Å². The molecule has 0 saturated carbocycles. The third kappa shape index (κ3) is 3.20. The molecule has 0 radical (unpaired) electrons. The minimum absolute atomic E-state index is 0.610. The quantitative estimate of drug-likeness (QED) is 0.710. The average molecular weight is 322 g/mol. The van der Waals surface area contributed by atoms with Crippen molar-refractivity contribution in [1.29, 1.82) is 0 Å². The molecular weight excluding hydrogens is 308 g/mol. The van der Waals surface area contributed by atoms with Crippen molar-refractivity contribution in [3.8, 4) is 0 Å². The van der Waals surface area contributed by atoms with Crippen LogP contribution in [0.1, 0.15) is 17.2 Å². The van der Waals surface area contributed by atoms with Crippen LogP contribution in [0.4, 0.5) is 0 Å². The third-order valence-corrected chi connectivity index (χ3v) is 4.40. The van der Waals surface area contributed by atoms with Gasteiger partial charge < -0.3 is 4.74 Å². The first-order chi connectivity index (χ1) is 10.2. The predicted octanol–water partition coefficient (Wildman–Crippen LogP) is 1.93. The Morgan fingerprint density at radius 2 is 2.14 bits per heavy atom. The molecule has 0 saturated heterocycles. The van der Waals surface area contributed by atoms with Gasteiger partial charge in [0, 0.05) is 24.9 Å². The Morgan fingerprint density at radius 1 is 1.29 bits per heavy atom. The highest BCUT2D eigenvalue weighted by molar-refractivity contribution is 8.00. The van der Waals surface area contributed by atoms with E-state index in [0.717, 1.165) is 21.6 Å². The maximum absolute atomic E-state index is 5.02. The topological polar surface area (TPSA) is 78.1 Å². The number of ether oxygens (including phenoxy) is 1. The highest BCUT2D eigenvalue weighted by Gasteiger charge is 2.12. The molecule has 0 aliphatic carbocycles. The number of hydrogen-bond acceptors (Lipinski definition) is 8. The minimum atomic E-state index is 0.610. The van der Waals surface area contributed by atoms with Gasteiger partial charge in [-0.3, -0.25) is 0 Å². The summed E-state index contributed by atoms with van der Waals surface area (Å²) in [6.07, 6.45) is 0.714. The van der Waals surface area contributed by atoms with Crippen LogP contribution in [0.15, 0.2) is 15.6 Å². The number of fused-ring (bicyclic) bond motifs is 1. The average Bonchev–Trinajstić information content (AvgIpc) is 3.03. The summed E-state index contributed by atoms with van der Waals surface area (Å²) < 4.78 is 11.9. The Kier molecular flexibility index (Phi) is 4.13. The van der Waals surface area contributed by atoms with Crippen LogP contribution in [0.25, 0.3) is 5.78 Å². The van der Waals surface area contributed by atoms with E-state index in [9.17, 15) is 0 Å². The number of rotatable bonds is 5. The Morgan fingerprint density at radius 3 is 2.95 bits per heavy atom. The summed E-state index contributed by atoms with van der Waals surface area (Å²) in [6.45, 7) is 4.55. The standard InChI is InChI=1S/C12H14N6OS2/c1-7-6-8(2)18-10(13-7)15-11(16-18)20-12-14-9(17-21-12)4-5-19-3/h6H,4-5H2,1-3H3. The summed E-state index contributed by atoms with van der Waals surface area (Å²) in [5, 5.41) is 5.07. The molecule has 21 heavy (non-hydrogen) atoms. The first-order valence-corrected chi connectivity index (χ1v) is 7.95. The normalized spacial score (nSPS) is 11.4. The molecule has 3 aromatic rings. The van der Waals surface area contributed by atoms with Crippen LogP contribution in [0.3, 0.4) is 0 Å². The fourth-order valence-electron chi connectivity index (χ4n) is 1.84. The van der Waals surface area contributed by atoms with Crippen LogP contribution in [0.2, 0.25) is 0 Å². The van der Waals surface area contributed by atoms with Crippen LogP contribution >= 0.6 is 23.3 Å². The van der Waals surface area contributed by atoms with E-state index in [4.69, 9.17) is 4.74 Å². The Hall–Kier alpha value is -1.58. The molecule has 0 N–H and O–H groups in total. The predicted molar refractivity (Wildman–Crippen MR) is 79.9 cm³/mol. The summed E-state index contributed by atoms with van der Waals surface area (Å²) in [5.74, 6) is 1.40. The van der Waals surface area contributed by atoms with E-state index in [2.05, 4.69) is 24.4 Å². The van der Waals surface area contributed by atoms with Gasteiger partial charge in [-0.05, 0) is 43.2 Å². The molecule has 110 valence electrons. The number of methoxy groups -OCH3 is 1. The zero-order valence-corrected chi connectivity index (χ0v) is 13.5. The van der Waals surface area contributed by atoms with Crippen molar-refractivity contribution >= 4 is 29.1 Å². The van der Waals surface area contributed by atoms with Crippen molar-refractivity contribution in [2.75, 3.05) is 13.7 Å². The zero-order chi connectivity index (χ0) is 14.8. The lowest BCUT2D eigenvalue weighted by Gasteiger charge is -1.97.